The van der Waals surface area contributed by atoms with Gasteiger partial charge in [-0.15, -0.1) is 0 Å². The summed E-state index contributed by atoms with van der Waals surface area (Å²) >= 11 is 5.20. The molecule has 0 bridgehead atoms. The average molecular weight is 440 g/mol. The van der Waals surface area contributed by atoms with Crippen LogP contribution in [0.25, 0.3) is 6.08 Å². The summed E-state index contributed by atoms with van der Waals surface area (Å²) in [5.74, 6) is -2.09. The van der Waals surface area contributed by atoms with E-state index in [1.807, 2.05) is 19.1 Å². The quantitative estimate of drug-likeness (QED) is 0.404. The van der Waals surface area contributed by atoms with E-state index in [9.17, 15) is 19.5 Å². The molecule has 1 heterocycles. The van der Waals surface area contributed by atoms with Crippen LogP contribution in [0.2, 0.25) is 0 Å². The molecule has 1 aliphatic heterocycles. The van der Waals surface area contributed by atoms with Gasteiger partial charge in [-0.25, -0.2) is 4.79 Å². The average Bonchev–Trinajstić information content (AvgIpc) is 2.73. The molecule has 3 rings (SSSR count). The third-order valence-corrected chi connectivity index (χ3v) is 4.85. The van der Waals surface area contributed by atoms with E-state index in [1.165, 1.54) is 25.0 Å². The van der Waals surface area contributed by atoms with Crippen LogP contribution < -0.4 is 19.7 Å². The Hall–Kier alpha value is -3.72. The molecule has 0 saturated carbocycles. The van der Waals surface area contributed by atoms with Crippen molar-refractivity contribution in [3.8, 4) is 11.5 Å². The molecule has 1 atom stereocenters. The number of thiocarbonyl (C=S) groups is 1. The lowest BCUT2D eigenvalue weighted by molar-refractivity contribution is -0.144. The first-order valence-electron chi connectivity index (χ1n) is 9.27. The lowest BCUT2D eigenvalue weighted by atomic mass is 10.1. The van der Waals surface area contributed by atoms with Gasteiger partial charge in [0.1, 0.15) is 5.57 Å². The summed E-state index contributed by atoms with van der Waals surface area (Å²) in [6.07, 6.45) is 0.147. The smallest absolute Gasteiger partial charge is 0.344 e. The van der Waals surface area contributed by atoms with Crippen molar-refractivity contribution in [3.05, 3.63) is 59.2 Å². The monoisotopic (exact) mass is 440 g/mol. The predicted molar refractivity (Wildman–Crippen MR) is 118 cm³/mol. The molecule has 2 aromatic carbocycles. The number of carbonyl (C=O) groups excluding carboxylic acids is 2. The SMILES string of the molecule is COc1cccc(/C=C2\C(=O)NC(=S)N(c3ccc(C)cc3)C2=O)c1O[C@@H](C)C(=O)O. The minimum Gasteiger partial charge on any atom is -0.493 e. The van der Waals surface area contributed by atoms with Gasteiger partial charge in [0.25, 0.3) is 11.8 Å². The summed E-state index contributed by atoms with van der Waals surface area (Å²) < 4.78 is 10.8. The highest BCUT2D eigenvalue weighted by Crippen LogP contribution is 2.34. The van der Waals surface area contributed by atoms with Crippen LogP contribution in [0.5, 0.6) is 11.5 Å². The number of amides is 2. The molecule has 1 fully saturated rings. The van der Waals surface area contributed by atoms with Crippen molar-refractivity contribution in [1.29, 1.82) is 0 Å². The van der Waals surface area contributed by atoms with Crippen molar-refractivity contribution in [2.24, 2.45) is 0 Å². The van der Waals surface area contributed by atoms with Crippen LogP contribution in [0.1, 0.15) is 18.1 Å². The Morgan fingerprint density at radius 3 is 2.48 bits per heavy atom. The molecule has 31 heavy (non-hydrogen) atoms. The number of methoxy groups -OCH3 is 1. The van der Waals surface area contributed by atoms with Gasteiger partial charge in [-0.1, -0.05) is 29.8 Å². The summed E-state index contributed by atoms with van der Waals surface area (Å²) in [7, 11) is 1.40. The fraction of sp³-hybridized carbons (Fsp3) is 0.182. The van der Waals surface area contributed by atoms with Crippen molar-refractivity contribution >= 4 is 46.9 Å². The Morgan fingerprint density at radius 2 is 1.87 bits per heavy atom. The Balaban J connectivity index is 2.06. The Morgan fingerprint density at radius 1 is 1.19 bits per heavy atom. The van der Waals surface area contributed by atoms with Gasteiger partial charge in [0.2, 0.25) is 0 Å². The van der Waals surface area contributed by atoms with Crippen molar-refractivity contribution < 1.29 is 29.0 Å². The predicted octanol–water partition coefficient (Wildman–Crippen LogP) is 2.69. The van der Waals surface area contributed by atoms with E-state index in [2.05, 4.69) is 5.32 Å². The number of rotatable bonds is 6. The van der Waals surface area contributed by atoms with Crippen LogP contribution in [-0.2, 0) is 14.4 Å². The molecule has 0 radical (unpaired) electrons. The highest BCUT2D eigenvalue weighted by atomic mass is 32.1. The fourth-order valence-corrected chi connectivity index (χ4v) is 3.18. The van der Waals surface area contributed by atoms with Crippen LogP contribution in [0, 0.1) is 6.92 Å². The van der Waals surface area contributed by atoms with Crippen molar-refractivity contribution in [1.82, 2.24) is 5.32 Å². The van der Waals surface area contributed by atoms with Gasteiger partial charge in [0.05, 0.1) is 12.8 Å². The number of aryl methyl sites for hydroxylation is 1. The molecule has 2 amide bonds. The van der Waals surface area contributed by atoms with E-state index >= 15 is 0 Å². The molecule has 2 aromatic rings. The first kappa shape index (κ1) is 22.0. The van der Waals surface area contributed by atoms with Crippen LogP contribution in [0.3, 0.4) is 0 Å². The summed E-state index contributed by atoms with van der Waals surface area (Å²) in [5.41, 5.74) is 1.63. The number of ether oxygens (including phenoxy) is 2. The maximum atomic E-state index is 13.2. The minimum absolute atomic E-state index is 0.0300. The number of hydrogen-bond acceptors (Lipinski definition) is 6. The molecule has 160 valence electrons. The molecule has 1 aliphatic rings. The number of carboxylic acid groups (broad SMARTS) is 1. The van der Waals surface area contributed by atoms with E-state index in [0.717, 1.165) is 5.56 Å². The topological polar surface area (TPSA) is 105 Å². The zero-order valence-corrected chi connectivity index (χ0v) is 17.9. The third kappa shape index (κ3) is 4.56. The zero-order valence-electron chi connectivity index (χ0n) is 17.0. The normalized spacial score (nSPS) is 16.2. The number of aliphatic carboxylic acids is 1. The van der Waals surface area contributed by atoms with Crippen LogP contribution in [0.4, 0.5) is 5.69 Å². The summed E-state index contributed by atoms with van der Waals surface area (Å²) in [5, 5.41) is 11.7. The van der Waals surface area contributed by atoms with Gasteiger partial charge in [0, 0.05) is 5.56 Å². The van der Waals surface area contributed by atoms with Crippen LogP contribution in [-0.4, -0.2) is 41.2 Å². The molecule has 2 N–H and O–H groups in total. The Labute approximate surface area is 184 Å². The third-order valence-electron chi connectivity index (χ3n) is 4.57. The van der Waals surface area contributed by atoms with Gasteiger partial charge in [-0.2, -0.15) is 0 Å². The Bertz CT molecular complexity index is 1090. The van der Waals surface area contributed by atoms with E-state index in [0.29, 0.717) is 11.3 Å². The number of nitrogens with zero attached hydrogens (tertiary/aromatic N) is 1. The van der Waals surface area contributed by atoms with Gasteiger partial charge >= 0.3 is 5.97 Å². The number of benzene rings is 2. The molecule has 9 heteroatoms. The highest BCUT2D eigenvalue weighted by Gasteiger charge is 2.35. The number of hydrogen-bond donors (Lipinski definition) is 2. The molecule has 0 aromatic heterocycles. The fourth-order valence-electron chi connectivity index (χ4n) is 2.90. The van der Waals surface area contributed by atoms with Crippen molar-refractivity contribution in [2.75, 3.05) is 12.0 Å². The summed E-state index contributed by atoms with van der Waals surface area (Å²) in [6.45, 7) is 3.28. The van der Waals surface area contributed by atoms with Crippen LogP contribution in [0.15, 0.2) is 48.0 Å². The maximum Gasteiger partial charge on any atom is 0.344 e. The molecule has 0 spiro atoms. The van der Waals surface area contributed by atoms with E-state index in [1.54, 1.807) is 30.3 Å². The van der Waals surface area contributed by atoms with Gasteiger partial charge < -0.3 is 14.6 Å². The standard InChI is InChI=1S/C22H20N2O6S/c1-12-7-9-15(10-8-12)24-20(26)16(19(25)23-22(24)31)11-14-5-4-6-17(29-3)18(14)30-13(2)21(27)28/h4-11,13H,1-3H3,(H,27,28)(H,23,25,31)/b16-11+/t13-/m0/s1. The van der Waals surface area contributed by atoms with E-state index in [-0.39, 0.29) is 22.2 Å². The van der Waals surface area contributed by atoms with E-state index < -0.39 is 23.9 Å². The maximum absolute atomic E-state index is 13.2. The summed E-state index contributed by atoms with van der Waals surface area (Å²) in [6, 6.07) is 11.9. The van der Waals surface area contributed by atoms with Crippen LogP contribution >= 0.6 is 12.2 Å². The second kappa shape index (κ2) is 8.97. The van der Waals surface area contributed by atoms with E-state index in [4.69, 9.17) is 21.7 Å². The molecule has 1 saturated heterocycles. The van der Waals surface area contributed by atoms with Crippen molar-refractivity contribution in [3.63, 3.8) is 0 Å². The van der Waals surface area contributed by atoms with Crippen molar-refractivity contribution in [2.45, 2.75) is 20.0 Å². The largest absolute Gasteiger partial charge is 0.493 e. The number of para-hydroxylation sites is 1. The zero-order chi connectivity index (χ0) is 22.7. The second-order valence-electron chi connectivity index (χ2n) is 6.77. The second-order valence-corrected chi connectivity index (χ2v) is 7.16. The molecule has 8 nitrogen and oxygen atoms in total. The number of nitrogens with one attached hydrogen (secondary N) is 1. The molecular weight excluding hydrogens is 420 g/mol. The molecule has 0 aliphatic carbocycles. The van der Waals surface area contributed by atoms with Gasteiger partial charge in [-0.05, 0) is 50.3 Å². The number of carboxylic acids is 1. The lowest BCUT2D eigenvalue weighted by Gasteiger charge is -2.29. The minimum atomic E-state index is -1.18. The number of carbonyl (C=O) groups is 3. The highest BCUT2D eigenvalue weighted by molar-refractivity contribution is 7.80. The van der Waals surface area contributed by atoms with Gasteiger partial charge in [0.15, 0.2) is 22.7 Å². The lowest BCUT2D eigenvalue weighted by Crippen LogP contribution is -2.54. The molecule has 0 unspecified atom stereocenters. The Kier molecular flexibility index (Phi) is 6.36. The first-order valence-corrected chi connectivity index (χ1v) is 9.68. The first-order chi connectivity index (χ1) is 14.7. The number of anilines is 1. The molecular formula is C22H20N2O6S. The summed E-state index contributed by atoms with van der Waals surface area (Å²) in [4.78, 5) is 38.2. The van der Waals surface area contributed by atoms with Gasteiger partial charge in [-0.3, -0.25) is 19.8 Å².